The second-order valence-electron chi connectivity index (χ2n) is 7.18. The van der Waals surface area contributed by atoms with Crippen molar-refractivity contribution in [2.24, 2.45) is 5.92 Å². The molecule has 1 saturated heterocycles. The van der Waals surface area contributed by atoms with Crippen molar-refractivity contribution in [3.63, 3.8) is 0 Å². The predicted molar refractivity (Wildman–Crippen MR) is 111 cm³/mol. The maximum absolute atomic E-state index is 12.3. The Balaban J connectivity index is 1.48. The minimum atomic E-state index is -0.841. The number of carbonyl (C=O) groups is 4. The summed E-state index contributed by atoms with van der Waals surface area (Å²) in [6.45, 7) is 1.18. The number of nitro groups is 1. The van der Waals surface area contributed by atoms with Gasteiger partial charge >= 0.3 is 5.97 Å². The number of nitrogens with zero attached hydrogens (tertiary/aromatic N) is 2. The van der Waals surface area contributed by atoms with Crippen molar-refractivity contribution >= 4 is 35.1 Å². The van der Waals surface area contributed by atoms with E-state index in [1.54, 1.807) is 24.3 Å². The SMILES string of the molecule is Cc1ccc(C(=O)NN2C[C@@H](C(=O)OCC(=O)Nc3cccc([N+](=O)[O-])c3)CC2=O)cc1. The van der Waals surface area contributed by atoms with Crippen LogP contribution in [-0.2, 0) is 19.1 Å². The summed E-state index contributed by atoms with van der Waals surface area (Å²) < 4.78 is 4.96. The van der Waals surface area contributed by atoms with Crippen molar-refractivity contribution in [3.8, 4) is 0 Å². The molecule has 2 aromatic carbocycles. The fourth-order valence-corrected chi connectivity index (χ4v) is 3.01. The molecule has 11 heteroatoms. The van der Waals surface area contributed by atoms with Crippen LogP contribution >= 0.6 is 0 Å². The number of hydrogen-bond donors (Lipinski definition) is 2. The molecule has 3 amide bonds. The van der Waals surface area contributed by atoms with Crippen molar-refractivity contribution in [2.45, 2.75) is 13.3 Å². The van der Waals surface area contributed by atoms with E-state index in [4.69, 9.17) is 4.74 Å². The first-order valence-electron chi connectivity index (χ1n) is 9.62. The molecule has 0 bridgehead atoms. The molecular weight excluding hydrogens is 420 g/mol. The van der Waals surface area contributed by atoms with E-state index in [9.17, 15) is 29.3 Å². The number of nitrogens with one attached hydrogen (secondary N) is 2. The summed E-state index contributed by atoms with van der Waals surface area (Å²) in [4.78, 5) is 58.8. The number of hydrogen-bond acceptors (Lipinski definition) is 7. The highest BCUT2D eigenvalue weighted by atomic mass is 16.6. The zero-order valence-corrected chi connectivity index (χ0v) is 17.1. The topological polar surface area (TPSA) is 148 Å². The number of carbonyl (C=O) groups excluding carboxylic acids is 4. The average molecular weight is 440 g/mol. The lowest BCUT2D eigenvalue weighted by Gasteiger charge is -2.17. The summed E-state index contributed by atoms with van der Waals surface area (Å²) in [7, 11) is 0. The largest absolute Gasteiger partial charge is 0.455 e. The third-order valence-electron chi connectivity index (χ3n) is 4.69. The molecular formula is C21H20N4O7. The van der Waals surface area contributed by atoms with E-state index in [0.717, 1.165) is 10.6 Å². The molecule has 0 aromatic heterocycles. The van der Waals surface area contributed by atoms with Crippen molar-refractivity contribution in [1.29, 1.82) is 0 Å². The number of nitro benzene ring substituents is 1. The van der Waals surface area contributed by atoms with Crippen LogP contribution in [0.15, 0.2) is 48.5 Å². The molecule has 11 nitrogen and oxygen atoms in total. The monoisotopic (exact) mass is 440 g/mol. The van der Waals surface area contributed by atoms with Gasteiger partial charge in [0, 0.05) is 29.8 Å². The van der Waals surface area contributed by atoms with Crippen LogP contribution in [0.5, 0.6) is 0 Å². The number of benzene rings is 2. The van der Waals surface area contributed by atoms with E-state index in [2.05, 4.69) is 10.7 Å². The molecule has 1 fully saturated rings. The zero-order valence-electron chi connectivity index (χ0n) is 17.1. The molecule has 1 heterocycles. The first-order valence-corrected chi connectivity index (χ1v) is 9.62. The maximum atomic E-state index is 12.3. The van der Waals surface area contributed by atoms with Crippen LogP contribution in [0.25, 0.3) is 0 Å². The number of non-ortho nitro benzene ring substituents is 1. The minimum Gasteiger partial charge on any atom is -0.455 e. The van der Waals surface area contributed by atoms with Gasteiger partial charge in [0.15, 0.2) is 6.61 Å². The molecule has 1 atom stereocenters. The zero-order chi connectivity index (χ0) is 23.3. The molecule has 32 heavy (non-hydrogen) atoms. The minimum absolute atomic E-state index is 0.0816. The van der Waals surface area contributed by atoms with Crippen LogP contribution in [0.3, 0.4) is 0 Å². The molecule has 0 saturated carbocycles. The predicted octanol–water partition coefficient (Wildman–Crippen LogP) is 1.58. The number of amides is 3. The van der Waals surface area contributed by atoms with Crippen LogP contribution in [-0.4, -0.2) is 46.8 Å². The Labute approximate surface area is 182 Å². The molecule has 0 unspecified atom stereocenters. The molecule has 0 radical (unpaired) electrons. The fraction of sp³-hybridized carbons (Fsp3) is 0.238. The molecule has 2 aromatic rings. The number of aryl methyl sites for hydroxylation is 1. The van der Waals surface area contributed by atoms with Crippen LogP contribution in [0.2, 0.25) is 0 Å². The number of anilines is 1. The number of ether oxygens (including phenoxy) is 1. The van der Waals surface area contributed by atoms with Crippen LogP contribution in [0, 0.1) is 23.0 Å². The van der Waals surface area contributed by atoms with E-state index in [1.807, 2.05) is 6.92 Å². The molecule has 1 aliphatic rings. The van der Waals surface area contributed by atoms with E-state index in [0.29, 0.717) is 5.56 Å². The van der Waals surface area contributed by atoms with Gasteiger partial charge in [-0.3, -0.25) is 39.7 Å². The number of hydrazine groups is 1. The smallest absolute Gasteiger partial charge is 0.311 e. The van der Waals surface area contributed by atoms with Gasteiger partial charge < -0.3 is 10.1 Å². The lowest BCUT2D eigenvalue weighted by atomic mass is 10.1. The normalized spacial score (nSPS) is 15.2. The highest BCUT2D eigenvalue weighted by molar-refractivity contribution is 5.97. The Kier molecular flexibility index (Phi) is 6.78. The van der Waals surface area contributed by atoms with Gasteiger partial charge in [-0.1, -0.05) is 23.8 Å². The van der Waals surface area contributed by atoms with Crippen molar-refractivity contribution in [2.75, 3.05) is 18.5 Å². The van der Waals surface area contributed by atoms with Gasteiger partial charge in [-0.15, -0.1) is 0 Å². The van der Waals surface area contributed by atoms with Gasteiger partial charge in [0.1, 0.15) is 0 Å². The third kappa shape index (κ3) is 5.65. The summed E-state index contributed by atoms with van der Waals surface area (Å²) in [6, 6.07) is 12.1. The first kappa shape index (κ1) is 22.4. The summed E-state index contributed by atoms with van der Waals surface area (Å²) in [5.74, 6) is -3.23. The Hall–Kier alpha value is -4.28. The average Bonchev–Trinajstić information content (AvgIpc) is 3.13. The number of esters is 1. The quantitative estimate of drug-likeness (QED) is 0.377. The Morgan fingerprint density at radius 3 is 2.59 bits per heavy atom. The highest BCUT2D eigenvalue weighted by Gasteiger charge is 2.36. The highest BCUT2D eigenvalue weighted by Crippen LogP contribution is 2.19. The van der Waals surface area contributed by atoms with Gasteiger partial charge in [-0.25, -0.2) is 0 Å². The Morgan fingerprint density at radius 1 is 1.19 bits per heavy atom. The van der Waals surface area contributed by atoms with Crippen molar-refractivity contribution in [3.05, 3.63) is 69.8 Å². The first-order chi connectivity index (χ1) is 15.2. The van der Waals surface area contributed by atoms with Crippen LogP contribution < -0.4 is 10.7 Å². The summed E-state index contributed by atoms with van der Waals surface area (Å²) in [6.07, 6.45) is -0.167. The van der Waals surface area contributed by atoms with Gasteiger partial charge in [0.25, 0.3) is 17.5 Å². The van der Waals surface area contributed by atoms with Crippen LogP contribution in [0.4, 0.5) is 11.4 Å². The lowest BCUT2D eigenvalue weighted by molar-refractivity contribution is -0.384. The molecule has 2 N–H and O–H groups in total. The van der Waals surface area contributed by atoms with E-state index < -0.39 is 41.1 Å². The van der Waals surface area contributed by atoms with E-state index in [-0.39, 0.29) is 24.3 Å². The molecule has 0 spiro atoms. The molecule has 0 aliphatic carbocycles. The van der Waals surface area contributed by atoms with E-state index >= 15 is 0 Å². The summed E-state index contributed by atoms with van der Waals surface area (Å²) in [5.41, 5.74) is 3.80. The van der Waals surface area contributed by atoms with E-state index in [1.165, 1.54) is 24.3 Å². The second-order valence-corrected chi connectivity index (χ2v) is 7.18. The van der Waals surface area contributed by atoms with Crippen molar-refractivity contribution in [1.82, 2.24) is 10.4 Å². The standard InChI is InChI=1S/C21H20N4O7/c1-13-5-7-14(8-6-13)20(28)23-24-11-15(9-19(24)27)21(29)32-12-18(26)22-16-3-2-4-17(10-16)25(30)31/h2-8,10,15H,9,11-12H2,1H3,(H,22,26)(H,23,28)/t15-/m0/s1. The summed E-state index contributed by atoms with van der Waals surface area (Å²) in [5, 5.41) is 14.2. The van der Waals surface area contributed by atoms with Crippen molar-refractivity contribution < 1.29 is 28.8 Å². The maximum Gasteiger partial charge on any atom is 0.311 e. The van der Waals surface area contributed by atoms with Gasteiger partial charge in [0.05, 0.1) is 17.4 Å². The fourth-order valence-electron chi connectivity index (χ4n) is 3.01. The molecule has 166 valence electrons. The van der Waals surface area contributed by atoms with Gasteiger partial charge in [-0.05, 0) is 25.1 Å². The Bertz CT molecular complexity index is 1070. The van der Waals surface area contributed by atoms with Gasteiger partial charge in [-0.2, -0.15) is 0 Å². The molecule has 1 aliphatic heterocycles. The second kappa shape index (κ2) is 9.69. The number of rotatable bonds is 7. The Morgan fingerprint density at radius 2 is 1.91 bits per heavy atom. The van der Waals surface area contributed by atoms with Gasteiger partial charge in [0.2, 0.25) is 5.91 Å². The lowest BCUT2D eigenvalue weighted by Crippen LogP contribution is -2.43. The third-order valence-corrected chi connectivity index (χ3v) is 4.69. The molecule has 3 rings (SSSR count). The summed E-state index contributed by atoms with van der Waals surface area (Å²) >= 11 is 0. The van der Waals surface area contributed by atoms with Crippen LogP contribution in [0.1, 0.15) is 22.3 Å².